The summed E-state index contributed by atoms with van der Waals surface area (Å²) in [5.41, 5.74) is 0. The summed E-state index contributed by atoms with van der Waals surface area (Å²) in [6.45, 7) is 4.22. The van der Waals surface area contributed by atoms with Crippen LogP contribution in [0.25, 0.3) is 0 Å². The van der Waals surface area contributed by atoms with Gasteiger partial charge in [-0.25, -0.2) is 4.57 Å². The Bertz CT molecular complexity index is 1790. The number of quaternary nitrogens is 1. The topological polar surface area (TPSA) is 108 Å². The highest BCUT2D eigenvalue weighted by Crippen LogP contribution is 2.43. The molecule has 0 aromatic carbocycles. The zero-order chi connectivity index (χ0) is 55.6. The van der Waals surface area contributed by atoms with E-state index in [4.69, 9.17) is 18.5 Å². The average molecular weight is 1080 g/mol. The largest absolute Gasteiger partial charge is 0.472 e. The molecule has 0 aromatic rings. The Kier molecular flexibility index (Phi) is 52.6. The smallest absolute Gasteiger partial charge is 0.462 e. The van der Waals surface area contributed by atoms with Gasteiger partial charge in [0.1, 0.15) is 19.8 Å². The third-order valence-corrected chi connectivity index (χ3v) is 12.8. The second-order valence-electron chi connectivity index (χ2n) is 20.3. The van der Waals surface area contributed by atoms with Gasteiger partial charge in [0.2, 0.25) is 0 Å². The Morgan fingerprint density at radius 1 is 0.421 bits per heavy atom. The van der Waals surface area contributed by atoms with Crippen LogP contribution in [-0.4, -0.2) is 74.9 Å². The molecule has 0 bridgehead atoms. The lowest BCUT2D eigenvalue weighted by molar-refractivity contribution is -0.870. The molecule has 9 nitrogen and oxygen atoms in total. The van der Waals surface area contributed by atoms with Crippen LogP contribution in [0.5, 0.6) is 0 Å². The fourth-order valence-electron chi connectivity index (χ4n) is 7.29. The molecule has 1 N–H and O–H groups in total. The first-order valence-corrected chi connectivity index (χ1v) is 31.1. The first-order chi connectivity index (χ1) is 37.0. The van der Waals surface area contributed by atoms with Crippen molar-refractivity contribution in [1.29, 1.82) is 0 Å². The van der Waals surface area contributed by atoms with Gasteiger partial charge in [-0.1, -0.05) is 224 Å². The van der Waals surface area contributed by atoms with Crippen LogP contribution in [0.2, 0.25) is 0 Å². The zero-order valence-electron chi connectivity index (χ0n) is 48.7. The maximum Gasteiger partial charge on any atom is 0.472 e. The van der Waals surface area contributed by atoms with Crippen molar-refractivity contribution in [3.63, 3.8) is 0 Å². The summed E-state index contributed by atoms with van der Waals surface area (Å²) in [6.07, 6.45) is 82.2. The lowest BCUT2D eigenvalue weighted by atomic mass is 10.1. The van der Waals surface area contributed by atoms with Crippen molar-refractivity contribution >= 4 is 19.8 Å². The Balaban J connectivity index is 4.11. The van der Waals surface area contributed by atoms with Gasteiger partial charge in [-0.2, -0.15) is 0 Å². The van der Waals surface area contributed by atoms with E-state index in [2.05, 4.69) is 160 Å². The van der Waals surface area contributed by atoms with Gasteiger partial charge in [0.25, 0.3) is 0 Å². The van der Waals surface area contributed by atoms with Gasteiger partial charge in [0.05, 0.1) is 27.7 Å². The second-order valence-corrected chi connectivity index (χ2v) is 21.7. The molecule has 0 saturated carbocycles. The van der Waals surface area contributed by atoms with Crippen LogP contribution < -0.4 is 0 Å². The molecule has 0 rings (SSSR count). The number of phosphoric ester groups is 1. The van der Waals surface area contributed by atoms with Gasteiger partial charge in [-0.15, -0.1) is 0 Å². The fourth-order valence-corrected chi connectivity index (χ4v) is 8.03. The maximum atomic E-state index is 12.8. The monoisotopic (exact) mass is 1070 g/mol. The molecule has 10 heteroatoms. The Labute approximate surface area is 465 Å². The van der Waals surface area contributed by atoms with E-state index in [1.165, 1.54) is 32.1 Å². The molecule has 0 aliphatic heterocycles. The molecule has 76 heavy (non-hydrogen) atoms. The third-order valence-electron chi connectivity index (χ3n) is 11.9. The fraction of sp³-hybridized carbons (Fsp3) is 0.606. The number of phosphoric acid groups is 1. The zero-order valence-corrected chi connectivity index (χ0v) is 49.6. The van der Waals surface area contributed by atoms with Crippen molar-refractivity contribution in [3.05, 3.63) is 146 Å². The van der Waals surface area contributed by atoms with E-state index < -0.39 is 26.5 Å². The molecular formula is C66H109NO8P+. The van der Waals surface area contributed by atoms with Gasteiger partial charge < -0.3 is 18.9 Å². The summed E-state index contributed by atoms with van der Waals surface area (Å²) in [4.78, 5) is 35.5. The molecule has 0 amide bonds. The Hall–Kier alpha value is -4.11. The van der Waals surface area contributed by atoms with Crippen LogP contribution in [0.3, 0.4) is 0 Å². The second kappa shape index (κ2) is 55.6. The molecule has 0 aromatic heterocycles. The minimum atomic E-state index is -4.39. The average Bonchev–Trinajstić information content (AvgIpc) is 3.38. The number of hydrogen-bond donors (Lipinski definition) is 1. The van der Waals surface area contributed by atoms with Crippen LogP contribution in [0.4, 0.5) is 0 Å². The van der Waals surface area contributed by atoms with Crippen molar-refractivity contribution in [1.82, 2.24) is 0 Å². The molecular weight excluding hydrogens is 966 g/mol. The lowest BCUT2D eigenvalue weighted by Crippen LogP contribution is -2.37. The van der Waals surface area contributed by atoms with Crippen LogP contribution in [0.15, 0.2) is 146 Å². The number of nitrogens with zero attached hydrogens (tertiary/aromatic N) is 1. The van der Waals surface area contributed by atoms with E-state index in [1.54, 1.807) is 0 Å². The first kappa shape index (κ1) is 71.9. The van der Waals surface area contributed by atoms with Crippen molar-refractivity contribution < 1.29 is 42.1 Å². The van der Waals surface area contributed by atoms with Crippen molar-refractivity contribution in [2.24, 2.45) is 0 Å². The standard InChI is InChI=1S/C66H108NO8P/c1-6-8-10-12-14-16-18-19-20-21-22-23-24-25-26-27-28-29-30-31-32-33-34-35-36-37-38-39-40-41-42-43-44-45-46-47-49-51-53-55-57-59-66(69)75-64(63-74-76(70,71)73-61-60-67(3,4)5)62-72-65(68)58-56-54-52-50-48-17-15-13-11-9-7-2/h8,10,13-16,19-20,22-23,25-26,28-29,31-32,34-35,37-38,40-41,43-44,64H,6-7,9,11-12,17-18,21,24,27,30,33,36,39,42,45-63H2,1-5H3/p+1/b10-8-,15-13-,16-14-,20-19-,23-22-,26-25-,29-28-,32-31-,35-34-,38-37-,41-40-,44-43-. The molecule has 430 valence electrons. The molecule has 0 aliphatic carbocycles. The van der Waals surface area contributed by atoms with Crippen molar-refractivity contribution in [2.75, 3.05) is 47.5 Å². The lowest BCUT2D eigenvalue weighted by Gasteiger charge is -2.24. The van der Waals surface area contributed by atoms with Gasteiger partial charge in [-0.05, 0) is 116 Å². The summed E-state index contributed by atoms with van der Waals surface area (Å²) in [6, 6.07) is 0. The SMILES string of the molecule is CC/C=C\C/C=C\C/C=C\C/C=C\C/C=C\C/C=C\C/C=C\C/C=C\C/C=C\C/C=C\C/C=C\CCCCCCCCCC(=O)OC(COC(=O)CCCCCCC/C=C\CCCC)COP(=O)(O)OCC[N+](C)(C)C. The van der Waals surface area contributed by atoms with Gasteiger partial charge in [0, 0.05) is 12.8 Å². The summed E-state index contributed by atoms with van der Waals surface area (Å²) >= 11 is 0. The van der Waals surface area contributed by atoms with Gasteiger partial charge in [0.15, 0.2) is 6.10 Å². The minimum absolute atomic E-state index is 0.0210. The van der Waals surface area contributed by atoms with Gasteiger partial charge in [-0.3, -0.25) is 18.6 Å². The summed E-state index contributed by atoms with van der Waals surface area (Å²) < 4.78 is 34.4. The minimum Gasteiger partial charge on any atom is -0.462 e. The van der Waals surface area contributed by atoms with Crippen LogP contribution in [-0.2, 0) is 32.7 Å². The molecule has 2 atom stereocenters. The number of hydrogen-bond acceptors (Lipinski definition) is 7. The number of rotatable bonds is 52. The number of carbonyl (C=O) groups excluding carboxylic acids is 2. The van der Waals surface area contributed by atoms with E-state index >= 15 is 0 Å². The normalized spacial score (nSPS) is 14.3. The van der Waals surface area contributed by atoms with E-state index in [0.717, 1.165) is 141 Å². The molecule has 0 heterocycles. The van der Waals surface area contributed by atoms with Crippen molar-refractivity contribution in [3.8, 4) is 0 Å². The van der Waals surface area contributed by atoms with Gasteiger partial charge >= 0.3 is 19.8 Å². The molecule has 0 radical (unpaired) electrons. The first-order valence-electron chi connectivity index (χ1n) is 29.6. The van der Waals surface area contributed by atoms with Crippen LogP contribution in [0.1, 0.15) is 206 Å². The van der Waals surface area contributed by atoms with E-state index in [9.17, 15) is 19.0 Å². The maximum absolute atomic E-state index is 12.8. The molecule has 2 unspecified atom stereocenters. The third kappa shape index (κ3) is 59.1. The molecule has 0 saturated heterocycles. The van der Waals surface area contributed by atoms with E-state index in [0.29, 0.717) is 17.4 Å². The number of unbranched alkanes of at least 4 members (excludes halogenated alkanes) is 14. The summed E-state index contributed by atoms with van der Waals surface area (Å²) in [7, 11) is 1.44. The molecule has 0 spiro atoms. The molecule has 0 aliphatic rings. The number of allylic oxidation sites excluding steroid dienone is 24. The highest BCUT2D eigenvalue weighted by molar-refractivity contribution is 7.47. The number of ether oxygens (including phenoxy) is 2. The number of carbonyl (C=O) groups is 2. The van der Waals surface area contributed by atoms with Crippen LogP contribution >= 0.6 is 7.82 Å². The number of likely N-dealkylation sites (N-methyl/N-ethyl adjacent to an activating group) is 1. The molecule has 0 fully saturated rings. The van der Waals surface area contributed by atoms with E-state index in [-0.39, 0.29) is 32.0 Å². The highest BCUT2D eigenvalue weighted by Gasteiger charge is 2.27. The van der Waals surface area contributed by atoms with E-state index in [1.807, 2.05) is 21.1 Å². The predicted octanol–water partition coefficient (Wildman–Crippen LogP) is 18.7. The summed E-state index contributed by atoms with van der Waals surface area (Å²) in [5.74, 6) is -0.833. The predicted molar refractivity (Wildman–Crippen MR) is 325 cm³/mol. The van der Waals surface area contributed by atoms with Crippen molar-refractivity contribution in [2.45, 2.75) is 213 Å². The quantitative estimate of drug-likeness (QED) is 0.0211. The summed E-state index contributed by atoms with van der Waals surface area (Å²) in [5, 5.41) is 0. The van der Waals surface area contributed by atoms with Crippen LogP contribution in [0, 0.1) is 0 Å². The highest BCUT2D eigenvalue weighted by atomic mass is 31.2. The Morgan fingerprint density at radius 3 is 1.13 bits per heavy atom. The number of esters is 2. The Morgan fingerprint density at radius 2 is 0.750 bits per heavy atom.